The zero-order valence-electron chi connectivity index (χ0n) is 17.1. The molecule has 8 nitrogen and oxygen atoms in total. The predicted octanol–water partition coefficient (Wildman–Crippen LogP) is 1.82. The average Bonchev–Trinajstić information content (AvgIpc) is 3.63. The topological polar surface area (TPSA) is 102 Å². The van der Waals surface area contributed by atoms with Gasteiger partial charge in [-0.25, -0.2) is 5.43 Å². The number of hydrazone groups is 1. The zero-order chi connectivity index (χ0) is 21.5. The molecule has 0 spiro atoms. The molecule has 4 rings (SSSR count). The predicted molar refractivity (Wildman–Crippen MR) is 114 cm³/mol. The molecule has 2 heterocycles. The van der Waals surface area contributed by atoms with Gasteiger partial charge in [0.25, 0.3) is 5.91 Å². The minimum atomic E-state index is -0.173. The van der Waals surface area contributed by atoms with Crippen molar-refractivity contribution in [2.45, 2.75) is 25.4 Å². The van der Waals surface area contributed by atoms with E-state index in [4.69, 9.17) is 14.2 Å². The van der Waals surface area contributed by atoms with Gasteiger partial charge >= 0.3 is 0 Å². The number of carbonyl (C=O) groups excluding carboxylic acids is 2. The van der Waals surface area contributed by atoms with Crippen LogP contribution in [0.15, 0.2) is 53.6 Å². The Morgan fingerprint density at radius 1 is 1.06 bits per heavy atom. The second-order valence-electron chi connectivity index (χ2n) is 7.42. The molecule has 2 aromatic carbocycles. The van der Waals surface area contributed by atoms with E-state index in [0.717, 1.165) is 35.6 Å². The van der Waals surface area contributed by atoms with Crippen LogP contribution in [0.25, 0.3) is 0 Å². The Balaban J connectivity index is 1.14. The van der Waals surface area contributed by atoms with Gasteiger partial charge in [-0.05, 0) is 53.9 Å². The first-order chi connectivity index (χ1) is 15.2. The van der Waals surface area contributed by atoms with Crippen LogP contribution in [0.3, 0.4) is 0 Å². The number of carbonyl (C=O) groups is 2. The second-order valence-corrected chi connectivity index (χ2v) is 7.42. The molecular weight excluding hydrogens is 398 g/mol. The molecular formula is C23H25N3O5. The Morgan fingerprint density at radius 3 is 2.45 bits per heavy atom. The molecule has 2 amide bonds. The fourth-order valence-electron chi connectivity index (χ4n) is 3.08. The number of hydrogen-bond acceptors (Lipinski definition) is 6. The van der Waals surface area contributed by atoms with Gasteiger partial charge in [0.15, 0.2) is 6.61 Å². The Morgan fingerprint density at radius 2 is 1.77 bits per heavy atom. The third-order valence-corrected chi connectivity index (χ3v) is 4.96. The number of amides is 2. The van der Waals surface area contributed by atoms with Crippen molar-refractivity contribution in [1.82, 2.24) is 10.7 Å². The van der Waals surface area contributed by atoms with Crippen LogP contribution < -0.4 is 20.2 Å². The van der Waals surface area contributed by atoms with E-state index in [0.29, 0.717) is 31.7 Å². The van der Waals surface area contributed by atoms with Crippen molar-refractivity contribution >= 4 is 17.5 Å². The quantitative estimate of drug-likeness (QED) is 0.568. The maximum atomic E-state index is 12.0. The van der Waals surface area contributed by atoms with E-state index in [-0.39, 0.29) is 24.5 Å². The number of nitrogens with zero attached hydrogens (tertiary/aromatic N) is 1. The summed E-state index contributed by atoms with van der Waals surface area (Å²) < 4.78 is 16.3. The summed E-state index contributed by atoms with van der Waals surface area (Å²) >= 11 is 0. The zero-order valence-corrected chi connectivity index (χ0v) is 17.1. The van der Waals surface area contributed by atoms with Gasteiger partial charge in [-0.1, -0.05) is 12.1 Å². The Kier molecular flexibility index (Phi) is 6.78. The molecule has 2 N–H and O–H groups in total. The lowest BCUT2D eigenvalue weighted by Gasteiger charge is -2.12. The van der Waals surface area contributed by atoms with Crippen molar-refractivity contribution in [3.8, 4) is 11.5 Å². The molecule has 1 fully saturated rings. The molecule has 0 aliphatic carbocycles. The number of hydrogen-bond donors (Lipinski definition) is 2. The van der Waals surface area contributed by atoms with Crippen LogP contribution in [0.2, 0.25) is 0 Å². The SMILES string of the molecule is O=C(COc1ccc(C2=NNC(=O)CC2)cc1)NCCc1ccc(OCC2CO2)cc1. The number of epoxide rings is 1. The number of rotatable bonds is 10. The van der Waals surface area contributed by atoms with Gasteiger partial charge in [0.05, 0.1) is 12.3 Å². The van der Waals surface area contributed by atoms with E-state index < -0.39 is 0 Å². The highest BCUT2D eigenvalue weighted by Gasteiger charge is 2.22. The molecule has 2 aliphatic heterocycles. The third kappa shape index (κ3) is 6.55. The van der Waals surface area contributed by atoms with E-state index in [1.807, 2.05) is 36.4 Å². The van der Waals surface area contributed by atoms with Crippen LogP contribution in [0.4, 0.5) is 0 Å². The molecule has 162 valence electrons. The highest BCUT2D eigenvalue weighted by molar-refractivity contribution is 6.04. The van der Waals surface area contributed by atoms with Gasteiger partial charge in [0.1, 0.15) is 24.2 Å². The minimum absolute atomic E-state index is 0.0492. The fourth-order valence-corrected chi connectivity index (χ4v) is 3.08. The first-order valence-corrected chi connectivity index (χ1v) is 10.3. The van der Waals surface area contributed by atoms with E-state index in [1.165, 1.54) is 0 Å². The van der Waals surface area contributed by atoms with Crippen LogP contribution in [0, 0.1) is 0 Å². The van der Waals surface area contributed by atoms with E-state index in [2.05, 4.69) is 15.8 Å². The smallest absolute Gasteiger partial charge is 0.257 e. The largest absolute Gasteiger partial charge is 0.491 e. The monoisotopic (exact) mass is 423 g/mol. The number of benzene rings is 2. The van der Waals surface area contributed by atoms with Crippen LogP contribution in [0.5, 0.6) is 11.5 Å². The minimum Gasteiger partial charge on any atom is -0.491 e. The van der Waals surface area contributed by atoms with E-state index in [9.17, 15) is 9.59 Å². The average molecular weight is 423 g/mol. The Labute approximate surface area is 180 Å². The van der Waals surface area contributed by atoms with Gasteiger partial charge < -0.3 is 19.5 Å². The molecule has 1 atom stereocenters. The van der Waals surface area contributed by atoms with Gasteiger partial charge in [-0.2, -0.15) is 5.10 Å². The summed E-state index contributed by atoms with van der Waals surface area (Å²) in [5.74, 6) is 1.18. The van der Waals surface area contributed by atoms with E-state index >= 15 is 0 Å². The maximum absolute atomic E-state index is 12.0. The van der Waals surface area contributed by atoms with Crippen LogP contribution in [0.1, 0.15) is 24.0 Å². The van der Waals surface area contributed by atoms with E-state index in [1.54, 1.807) is 12.1 Å². The highest BCUT2D eigenvalue weighted by atomic mass is 16.6. The van der Waals surface area contributed by atoms with Gasteiger partial charge in [0, 0.05) is 19.4 Å². The molecule has 0 bridgehead atoms. The standard InChI is InChI=1S/C23H25N3O5/c27-22-10-9-21(25-26-22)17-3-7-19(8-4-17)31-15-23(28)24-12-11-16-1-5-18(6-2-16)29-13-20-14-30-20/h1-8,20H,9-15H2,(H,24,28)(H,26,27). The third-order valence-electron chi connectivity index (χ3n) is 4.96. The molecule has 8 heteroatoms. The summed E-state index contributed by atoms with van der Waals surface area (Å²) in [6.07, 6.45) is 2.01. The molecule has 1 saturated heterocycles. The molecule has 0 saturated carbocycles. The van der Waals surface area contributed by atoms with Crippen LogP contribution >= 0.6 is 0 Å². The van der Waals surface area contributed by atoms with Crippen molar-refractivity contribution in [2.75, 3.05) is 26.4 Å². The lowest BCUT2D eigenvalue weighted by molar-refractivity contribution is -0.123. The summed E-state index contributed by atoms with van der Waals surface area (Å²) in [4.78, 5) is 23.2. The molecule has 0 radical (unpaired) electrons. The Bertz CT molecular complexity index is 937. The molecule has 2 aliphatic rings. The second kappa shape index (κ2) is 10.1. The lowest BCUT2D eigenvalue weighted by Crippen LogP contribution is -2.30. The summed E-state index contributed by atoms with van der Waals surface area (Å²) in [5.41, 5.74) is 5.36. The van der Waals surface area contributed by atoms with Crippen molar-refractivity contribution < 1.29 is 23.8 Å². The molecule has 0 aromatic heterocycles. The van der Waals surface area contributed by atoms with Crippen molar-refractivity contribution in [1.29, 1.82) is 0 Å². The Hall–Kier alpha value is -3.39. The summed E-state index contributed by atoms with van der Waals surface area (Å²) in [6.45, 7) is 1.85. The summed E-state index contributed by atoms with van der Waals surface area (Å²) in [6, 6.07) is 15.2. The first kappa shape index (κ1) is 20.9. The van der Waals surface area contributed by atoms with Gasteiger partial charge in [-0.15, -0.1) is 0 Å². The van der Waals surface area contributed by atoms with Crippen molar-refractivity contribution in [2.24, 2.45) is 5.10 Å². The first-order valence-electron chi connectivity index (χ1n) is 10.3. The normalized spacial score (nSPS) is 17.4. The van der Waals surface area contributed by atoms with Crippen molar-refractivity contribution in [3.63, 3.8) is 0 Å². The van der Waals surface area contributed by atoms with Crippen LogP contribution in [-0.2, 0) is 20.7 Å². The summed E-state index contributed by atoms with van der Waals surface area (Å²) in [5, 5.41) is 6.93. The van der Waals surface area contributed by atoms with Gasteiger partial charge in [-0.3, -0.25) is 9.59 Å². The molecule has 1 unspecified atom stereocenters. The van der Waals surface area contributed by atoms with Crippen LogP contribution in [-0.4, -0.2) is 50.0 Å². The van der Waals surface area contributed by atoms with Gasteiger partial charge in [0.2, 0.25) is 5.91 Å². The highest BCUT2D eigenvalue weighted by Crippen LogP contribution is 2.17. The molecule has 31 heavy (non-hydrogen) atoms. The number of nitrogens with one attached hydrogen (secondary N) is 2. The maximum Gasteiger partial charge on any atom is 0.257 e. The van der Waals surface area contributed by atoms with Crippen molar-refractivity contribution in [3.05, 3.63) is 59.7 Å². The number of ether oxygens (including phenoxy) is 3. The fraction of sp³-hybridized carbons (Fsp3) is 0.348. The lowest BCUT2D eigenvalue weighted by atomic mass is 10.0. The summed E-state index contributed by atoms with van der Waals surface area (Å²) in [7, 11) is 0. The molecule has 2 aromatic rings.